The fourth-order valence-corrected chi connectivity index (χ4v) is 2.08. The van der Waals surface area contributed by atoms with E-state index in [0.717, 1.165) is 16.8 Å². The number of nitrogens with zero attached hydrogens (tertiary/aromatic N) is 1. The fourth-order valence-electron chi connectivity index (χ4n) is 2.08. The van der Waals surface area contributed by atoms with E-state index in [4.69, 9.17) is 0 Å². The summed E-state index contributed by atoms with van der Waals surface area (Å²) in [6, 6.07) is 20.8. The lowest BCUT2D eigenvalue weighted by Gasteiger charge is -2.06. The molecule has 1 aromatic heterocycles. The van der Waals surface area contributed by atoms with Crippen molar-refractivity contribution in [1.29, 1.82) is 0 Å². The molecular weight excluding hydrogens is 260 g/mol. The Bertz CT molecular complexity index is 722. The normalized spacial score (nSPS) is 10.1. The summed E-state index contributed by atoms with van der Waals surface area (Å²) in [5, 5.41) is 2.87. The number of nitrogens with one attached hydrogen (secondary N) is 1. The topological polar surface area (TPSA) is 42.0 Å². The Morgan fingerprint density at radius 2 is 1.38 bits per heavy atom. The molecule has 0 aliphatic rings. The molecule has 0 bridgehead atoms. The van der Waals surface area contributed by atoms with Crippen molar-refractivity contribution >= 4 is 11.6 Å². The molecular formula is C18H14N2O. The molecule has 0 aliphatic heterocycles. The molecule has 0 radical (unpaired) electrons. The van der Waals surface area contributed by atoms with Gasteiger partial charge in [-0.2, -0.15) is 0 Å². The maximum absolute atomic E-state index is 12.1. The van der Waals surface area contributed by atoms with Crippen LogP contribution >= 0.6 is 0 Å². The summed E-state index contributed by atoms with van der Waals surface area (Å²) in [5.41, 5.74) is 3.58. The Hall–Kier alpha value is -2.94. The van der Waals surface area contributed by atoms with Crippen LogP contribution in [0.15, 0.2) is 79.1 Å². The number of hydrogen-bond donors (Lipinski definition) is 1. The Kier molecular flexibility index (Phi) is 3.74. The summed E-state index contributed by atoms with van der Waals surface area (Å²) >= 11 is 0. The largest absolute Gasteiger partial charge is 0.322 e. The maximum atomic E-state index is 12.1. The number of carbonyl (C=O) groups is 1. The van der Waals surface area contributed by atoms with Crippen LogP contribution in [-0.2, 0) is 0 Å². The molecule has 21 heavy (non-hydrogen) atoms. The standard InChI is InChI=1S/C18H14N2O/c21-18(20-17-4-2-1-3-5-17)16-8-6-14(7-9-16)15-10-12-19-13-11-15/h1-13H,(H,20,21). The van der Waals surface area contributed by atoms with Crippen LogP contribution < -0.4 is 5.32 Å². The summed E-state index contributed by atoms with van der Waals surface area (Å²) in [4.78, 5) is 16.1. The van der Waals surface area contributed by atoms with Crippen molar-refractivity contribution in [1.82, 2.24) is 4.98 Å². The van der Waals surface area contributed by atoms with Gasteiger partial charge in [0.25, 0.3) is 5.91 Å². The number of carbonyl (C=O) groups excluding carboxylic acids is 1. The molecule has 2 aromatic carbocycles. The van der Waals surface area contributed by atoms with Gasteiger partial charge in [-0.05, 0) is 47.5 Å². The molecule has 1 amide bonds. The van der Waals surface area contributed by atoms with Crippen LogP contribution in [0.25, 0.3) is 11.1 Å². The first kappa shape index (κ1) is 13.1. The predicted molar refractivity (Wildman–Crippen MR) is 84.1 cm³/mol. The number of para-hydroxylation sites is 1. The monoisotopic (exact) mass is 274 g/mol. The van der Waals surface area contributed by atoms with E-state index in [1.54, 1.807) is 12.4 Å². The van der Waals surface area contributed by atoms with Gasteiger partial charge in [0.2, 0.25) is 0 Å². The number of anilines is 1. The van der Waals surface area contributed by atoms with Gasteiger partial charge >= 0.3 is 0 Å². The molecule has 3 rings (SSSR count). The van der Waals surface area contributed by atoms with Crippen LogP contribution in [0, 0.1) is 0 Å². The van der Waals surface area contributed by atoms with E-state index >= 15 is 0 Å². The lowest BCUT2D eigenvalue weighted by atomic mass is 10.0. The summed E-state index contributed by atoms with van der Waals surface area (Å²) in [5.74, 6) is -0.109. The third kappa shape index (κ3) is 3.15. The molecule has 0 unspecified atom stereocenters. The van der Waals surface area contributed by atoms with Gasteiger partial charge in [0, 0.05) is 23.6 Å². The zero-order valence-corrected chi connectivity index (χ0v) is 11.4. The lowest BCUT2D eigenvalue weighted by Crippen LogP contribution is -2.11. The molecule has 1 N–H and O–H groups in total. The average Bonchev–Trinajstić information content (AvgIpc) is 2.57. The minimum absolute atomic E-state index is 0.109. The number of aromatic nitrogens is 1. The molecule has 102 valence electrons. The molecule has 0 saturated carbocycles. The lowest BCUT2D eigenvalue weighted by molar-refractivity contribution is 0.102. The summed E-state index contributed by atoms with van der Waals surface area (Å²) < 4.78 is 0. The van der Waals surface area contributed by atoms with E-state index in [-0.39, 0.29) is 5.91 Å². The van der Waals surface area contributed by atoms with Crippen molar-refractivity contribution in [2.75, 3.05) is 5.32 Å². The van der Waals surface area contributed by atoms with E-state index in [2.05, 4.69) is 10.3 Å². The molecule has 0 fully saturated rings. The Morgan fingerprint density at radius 1 is 0.762 bits per heavy atom. The van der Waals surface area contributed by atoms with Crippen molar-refractivity contribution in [3.05, 3.63) is 84.7 Å². The summed E-state index contributed by atoms with van der Waals surface area (Å²) in [6.45, 7) is 0. The Labute approximate surface area is 123 Å². The molecule has 1 heterocycles. The quantitative estimate of drug-likeness (QED) is 0.784. The third-order valence-electron chi connectivity index (χ3n) is 3.19. The zero-order valence-electron chi connectivity index (χ0n) is 11.4. The van der Waals surface area contributed by atoms with Gasteiger partial charge in [0.1, 0.15) is 0 Å². The van der Waals surface area contributed by atoms with E-state index in [0.29, 0.717) is 5.56 Å². The van der Waals surface area contributed by atoms with Gasteiger partial charge in [-0.25, -0.2) is 0 Å². The van der Waals surface area contributed by atoms with Crippen molar-refractivity contribution in [2.24, 2.45) is 0 Å². The van der Waals surface area contributed by atoms with Crippen molar-refractivity contribution < 1.29 is 4.79 Å². The van der Waals surface area contributed by atoms with Crippen LogP contribution in [0.4, 0.5) is 5.69 Å². The third-order valence-corrected chi connectivity index (χ3v) is 3.19. The minimum Gasteiger partial charge on any atom is -0.322 e. The Balaban J connectivity index is 1.77. The molecule has 0 aliphatic carbocycles. The van der Waals surface area contributed by atoms with Crippen LogP contribution in [0.3, 0.4) is 0 Å². The zero-order chi connectivity index (χ0) is 14.5. The number of rotatable bonds is 3. The van der Waals surface area contributed by atoms with Crippen LogP contribution in [0.1, 0.15) is 10.4 Å². The minimum atomic E-state index is -0.109. The highest BCUT2D eigenvalue weighted by molar-refractivity contribution is 6.04. The van der Waals surface area contributed by atoms with Crippen molar-refractivity contribution in [2.45, 2.75) is 0 Å². The first-order valence-electron chi connectivity index (χ1n) is 6.70. The molecule has 3 nitrogen and oxygen atoms in total. The molecule has 0 spiro atoms. The van der Waals surface area contributed by atoms with Gasteiger partial charge in [0.15, 0.2) is 0 Å². The fraction of sp³-hybridized carbons (Fsp3) is 0. The highest BCUT2D eigenvalue weighted by Gasteiger charge is 2.06. The summed E-state index contributed by atoms with van der Waals surface area (Å²) in [6.07, 6.45) is 3.51. The second-order valence-electron chi connectivity index (χ2n) is 4.63. The van der Waals surface area contributed by atoms with Crippen molar-refractivity contribution in [3.8, 4) is 11.1 Å². The smallest absolute Gasteiger partial charge is 0.255 e. The van der Waals surface area contributed by atoms with E-state index in [1.807, 2.05) is 66.7 Å². The summed E-state index contributed by atoms with van der Waals surface area (Å²) in [7, 11) is 0. The van der Waals surface area contributed by atoms with Gasteiger partial charge in [-0.1, -0.05) is 30.3 Å². The number of pyridine rings is 1. The van der Waals surface area contributed by atoms with Crippen molar-refractivity contribution in [3.63, 3.8) is 0 Å². The SMILES string of the molecule is O=C(Nc1ccccc1)c1ccc(-c2ccncc2)cc1. The molecule has 0 saturated heterocycles. The highest BCUT2D eigenvalue weighted by atomic mass is 16.1. The average molecular weight is 274 g/mol. The van der Waals surface area contributed by atoms with E-state index in [9.17, 15) is 4.79 Å². The van der Waals surface area contributed by atoms with Gasteiger partial charge < -0.3 is 5.32 Å². The van der Waals surface area contributed by atoms with Crippen LogP contribution in [-0.4, -0.2) is 10.9 Å². The van der Waals surface area contributed by atoms with Crippen LogP contribution in [0.5, 0.6) is 0 Å². The van der Waals surface area contributed by atoms with Gasteiger partial charge in [0.05, 0.1) is 0 Å². The predicted octanol–water partition coefficient (Wildman–Crippen LogP) is 4.00. The number of hydrogen-bond acceptors (Lipinski definition) is 2. The Morgan fingerprint density at radius 3 is 2.05 bits per heavy atom. The maximum Gasteiger partial charge on any atom is 0.255 e. The van der Waals surface area contributed by atoms with Crippen LogP contribution in [0.2, 0.25) is 0 Å². The number of benzene rings is 2. The van der Waals surface area contributed by atoms with Gasteiger partial charge in [-0.3, -0.25) is 9.78 Å². The molecule has 0 atom stereocenters. The first-order valence-corrected chi connectivity index (χ1v) is 6.70. The highest BCUT2D eigenvalue weighted by Crippen LogP contribution is 2.19. The second-order valence-corrected chi connectivity index (χ2v) is 4.63. The first-order chi connectivity index (χ1) is 10.3. The van der Waals surface area contributed by atoms with E-state index in [1.165, 1.54) is 0 Å². The molecule has 3 aromatic rings. The second kappa shape index (κ2) is 6.01. The van der Waals surface area contributed by atoms with Gasteiger partial charge in [-0.15, -0.1) is 0 Å². The number of amides is 1. The van der Waals surface area contributed by atoms with E-state index < -0.39 is 0 Å². The molecule has 3 heteroatoms.